The molecule has 17 heavy (non-hydrogen) atoms. The maximum Gasteiger partial charge on any atom is 0.236 e. The molecule has 1 saturated heterocycles. The number of nitrogens with one attached hydrogen (secondary N) is 1. The van der Waals surface area contributed by atoms with Gasteiger partial charge in [-0.25, -0.2) is 0 Å². The molecule has 0 bridgehead atoms. The molecule has 0 aromatic heterocycles. The molecule has 1 rings (SSSR count). The highest BCUT2D eigenvalue weighted by Crippen LogP contribution is 2.23. The van der Waals surface area contributed by atoms with Crippen LogP contribution in [-0.4, -0.2) is 42.0 Å². The smallest absolute Gasteiger partial charge is 0.236 e. The first-order chi connectivity index (χ1) is 7.83. The van der Waals surface area contributed by atoms with Crippen LogP contribution in [0.3, 0.4) is 0 Å². The second kappa shape index (κ2) is 5.83. The molecule has 0 spiro atoms. The molecular formula is C13H27N3O. The molecule has 0 aromatic carbocycles. The molecule has 4 nitrogen and oxygen atoms in total. The molecule has 100 valence electrons. The van der Waals surface area contributed by atoms with Gasteiger partial charge in [0, 0.05) is 18.6 Å². The van der Waals surface area contributed by atoms with Gasteiger partial charge in [0.15, 0.2) is 0 Å². The van der Waals surface area contributed by atoms with Crippen molar-refractivity contribution in [1.29, 1.82) is 0 Å². The lowest BCUT2D eigenvalue weighted by Crippen LogP contribution is -2.55. The molecular weight excluding hydrogens is 214 g/mol. The van der Waals surface area contributed by atoms with Gasteiger partial charge in [0.05, 0.1) is 6.04 Å². The average Bonchev–Trinajstić information content (AvgIpc) is 2.26. The van der Waals surface area contributed by atoms with Crippen LogP contribution in [0.1, 0.15) is 40.5 Å². The van der Waals surface area contributed by atoms with Gasteiger partial charge in [-0.1, -0.05) is 6.92 Å². The van der Waals surface area contributed by atoms with E-state index in [1.54, 1.807) is 6.92 Å². The van der Waals surface area contributed by atoms with Gasteiger partial charge < -0.3 is 11.1 Å². The Morgan fingerprint density at radius 2 is 2.24 bits per heavy atom. The number of hydrogen-bond donors (Lipinski definition) is 2. The van der Waals surface area contributed by atoms with Crippen LogP contribution in [0.15, 0.2) is 0 Å². The van der Waals surface area contributed by atoms with Gasteiger partial charge in [-0.2, -0.15) is 0 Å². The van der Waals surface area contributed by atoms with E-state index in [9.17, 15) is 4.79 Å². The Morgan fingerprint density at radius 1 is 1.59 bits per heavy atom. The highest BCUT2D eigenvalue weighted by molar-refractivity contribution is 5.81. The third-order valence-electron chi connectivity index (χ3n) is 3.62. The Morgan fingerprint density at radius 3 is 2.76 bits per heavy atom. The zero-order chi connectivity index (χ0) is 13.1. The quantitative estimate of drug-likeness (QED) is 0.771. The third-order valence-corrected chi connectivity index (χ3v) is 3.62. The summed E-state index contributed by atoms with van der Waals surface area (Å²) in [5, 5.41) is 2.93. The Labute approximate surface area is 105 Å². The van der Waals surface area contributed by atoms with E-state index in [1.165, 1.54) is 12.8 Å². The van der Waals surface area contributed by atoms with Gasteiger partial charge in [0.1, 0.15) is 0 Å². The molecule has 1 unspecified atom stereocenters. The monoisotopic (exact) mass is 241 g/mol. The Hall–Kier alpha value is -0.610. The van der Waals surface area contributed by atoms with Crippen LogP contribution in [0.4, 0.5) is 0 Å². The number of rotatable bonds is 4. The summed E-state index contributed by atoms with van der Waals surface area (Å²) in [5.74, 6) is 0.690. The van der Waals surface area contributed by atoms with E-state index in [2.05, 4.69) is 31.0 Å². The highest BCUT2D eigenvalue weighted by Gasteiger charge is 2.30. The van der Waals surface area contributed by atoms with Gasteiger partial charge in [-0.15, -0.1) is 0 Å². The van der Waals surface area contributed by atoms with Crippen molar-refractivity contribution < 1.29 is 4.79 Å². The van der Waals surface area contributed by atoms with E-state index in [0.29, 0.717) is 6.54 Å². The lowest BCUT2D eigenvalue weighted by atomic mass is 9.93. The van der Waals surface area contributed by atoms with Crippen molar-refractivity contribution in [2.75, 3.05) is 19.6 Å². The summed E-state index contributed by atoms with van der Waals surface area (Å²) in [6.45, 7) is 11.3. The fraction of sp³-hybridized carbons (Fsp3) is 0.923. The van der Waals surface area contributed by atoms with Crippen molar-refractivity contribution in [3.05, 3.63) is 0 Å². The van der Waals surface area contributed by atoms with Gasteiger partial charge in [-0.05, 0) is 46.1 Å². The summed E-state index contributed by atoms with van der Waals surface area (Å²) < 4.78 is 0. The fourth-order valence-corrected chi connectivity index (χ4v) is 2.32. The third kappa shape index (κ3) is 4.28. The molecule has 1 fully saturated rings. The lowest BCUT2D eigenvalue weighted by Gasteiger charge is -2.43. The van der Waals surface area contributed by atoms with Crippen molar-refractivity contribution in [3.63, 3.8) is 0 Å². The molecule has 0 aromatic rings. The fourth-order valence-electron chi connectivity index (χ4n) is 2.32. The summed E-state index contributed by atoms with van der Waals surface area (Å²) in [4.78, 5) is 14.0. The Kier molecular flexibility index (Phi) is 4.95. The second-order valence-electron chi connectivity index (χ2n) is 6.01. The first kappa shape index (κ1) is 14.5. The predicted molar refractivity (Wildman–Crippen MR) is 70.7 cm³/mol. The van der Waals surface area contributed by atoms with Crippen molar-refractivity contribution in [2.24, 2.45) is 11.7 Å². The van der Waals surface area contributed by atoms with Crippen LogP contribution in [0, 0.1) is 5.92 Å². The van der Waals surface area contributed by atoms with E-state index < -0.39 is 6.04 Å². The predicted octanol–water partition coefficient (Wildman–Crippen LogP) is 0.960. The molecule has 0 aliphatic carbocycles. The minimum atomic E-state index is -0.425. The van der Waals surface area contributed by atoms with E-state index in [-0.39, 0.29) is 11.4 Å². The van der Waals surface area contributed by atoms with E-state index >= 15 is 0 Å². The van der Waals surface area contributed by atoms with Crippen molar-refractivity contribution in [2.45, 2.75) is 52.1 Å². The zero-order valence-electron chi connectivity index (χ0n) is 11.6. The number of carbonyl (C=O) groups is 1. The Bertz CT molecular complexity index is 263. The topological polar surface area (TPSA) is 58.4 Å². The van der Waals surface area contributed by atoms with Crippen molar-refractivity contribution >= 4 is 5.91 Å². The molecule has 0 radical (unpaired) electrons. The number of piperidine rings is 1. The SMILES string of the molecule is CC1CCCN(C(C)(C)CNC(=O)[C@@H](C)N)C1. The zero-order valence-corrected chi connectivity index (χ0v) is 11.6. The van der Waals surface area contributed by atoms with Crippen molar-refractivity contribution in [1.82, 2.24) is 10.2 Å². The van der Waals surface area contributed by atoms with Crippen LogP contribution in [0.5, 0.6) is 0 Å². The minimum Gasteiger partial charge on any atom is -0.353 e. The summed E-state index contributed by atoms with van der Waals surface area (Å²) in [6.07, 6.45) is 2.57. The molecule has 4 heteroatoms. The highest BCUT2D eigenvalue weighted by atomic mass is 16.2. The number of hydrogen-bond acceptors (Lipinski definition) is 3. The Balaban J connectivity index is 2.46. The van der Waals surface area contributed by atoms with Crippen molar-refractivity contribution in [3.8, 4) is 0 Å². The number of nitrogens with zero attached hydrogens (tertiary/aromatic N) is 1. The van der Waals surface area contributed by atoms with Crippen LogP contribution >= 0.6 is 0 Å². The summed E-state index contributed by atoms with van der Waals surface area (Å²) in [6, 6.07) is -0.425. The molecule has 1 amide bonds. The van der Waals surface area contributed by atoms with Gasteiger partial charge in [0.25, 0.3) is 0 Å². The van der Waals surface area contributed by atoms with Crippen LogP contribution in [0.25, 0.3) is 0 Å². The van der Waals surface area contributed by atoms with E-state index in [4.69, 9.17) is 5.73 Å². The van der Waals surface area contributed by atoms with E-state index in [1.807, 2.05) is 0 Å². The second-order valence-corrected chi connectivity index (χ2v) is 6.01. The molecule has 0 saturated carbocycles. The number of amides is 1. The van der Waals surface area contributed by atoms with Crippen LogP contribution in [-0.2, 0) is 4.79 Å². The molecule has 3 N–H and O–H groups in total. The maximum atomic E-state index is 11.5. The van der Waals surface area contributed by atoms with Crippen LogP contribution < -0.4 is 11.1 Å². The number of likely N-dealkylation sites (tertiary alicyclic amines) is 1. The minimum absolute atomic E-state index is 0.0131. The summed E-state index contributed by atoms with van der Waals surface area (Å²) in [5.41, 5.74) is 5.55. The normalized spacial score (nSPS) is 24.4. The first-order valence-electron chi connectivity index (χ1n) is 6.61. The standard InChI is InChI=1S/C13H27N3O/c1-10-6-5-7-16(8-10)13(3,4)9-15-12(17)11(2)14/h10-11H,5-9,14H2,1-4H3,(H,15,17)/t10?,11-/m1/s1. The molecule has 2 atom stereocenters. The molecule has 1 aliphatic heterocycles. The number of carbonyl (C=O) groups excluding carboxylic acids is 1. The average molecular weight is 241 g/mol. The molecule has 1 aliphatic rings. The van der Waals surface area contributed by atoms with Gasteiger partial charge in [0.2, 0.25) is 5.91 Å². The molecule has 1 heterocycles. The van der Waals surface area contributed by atoms with E-state index in [0.717, 1.165) is 19.0 Å². The largest absolute Gasteiger partial charge is 0.353 e. The first-order valence-corrected chi connectivity index (χ1v) is 6.61. The maximum absolute atomic E-state index is 11.5. The summed E-state index contributed by atoms with van der Waals surface area (Å²) >= 11 is 0. The van der Waals surface area contributed by atoms with Gasteiger partial charge >= 0.3 is 0 Å². The van der Waals surface area contributed by atoms with Crippen LogP contribution in [0.2, 0.25) is 0 Å². The summed E-state index contributed by atoms with van der Waals surface area (Å²) in [7, 11) is 0. The van der Waals surface area contributed by atoms with Gasteiger partial charge in [-0.3, -0.25) is 9.69 Å². The number of nitrogens with two attached hydrogens (primary N) is 1. The lowest BCUT2D eigenvalue weighted by molar-refractivity contribution is -0.122.